The van der Waals surface area contributed by atoms with Crippen LogP contribution in [0.1, 0.15) is 52.9 Å². The Morgan fingerprint density at radius 3 is 2.68 bits per heavy atom. The molecule has 0 radical (unpaired) electrons. The fourth-order valence-electron chi connectivity index (χ4n) is 2.63. The summed E-state index contributed by atoms with van der Waals surface area (Å²) in [5.74, 6) is -0.0933. The average Bonchev–Trinajstić information content (AvgIpc) is 2.27. The Morgan fingerprint density at radius 2 is 2.11 bits per heavy atom. The first-order valence-electron chi connectivity index (χ1n) is 7.19. The molecule has 1 aliphatic rings. The zero-order valence-corrected chi connectivity index (χ0v) is 12.2. The molecule has 110 valence electrons. The molecule has 0 aliphatic carbocycles. The van der Waals surface area contributed by atoms with Crippen molar-refractivity contribution in [3.05, 3.63) is 0 Å². The number of carbonyl (C=O) groups excluding carboxylic acids is 1. The Balaban J connectivity index is 2.31. The molecule has 0 aromatic heterocycles. The first-order valence-corrected chi connectivity index (χ1v) is 7.19. The third-order valence-electron chi connectivity index (χ3n) is 3.80. The number of carbonyl (C=O) groups is 2. The Hall–Kier alpha value is -1.26. The van der Waals surface area contributed by atoms with E-state index in [2.05, 4.69) is 19.2 Å². The summed E-state index contributed by atoms with van der Waals surface area (Å²) in [6.45, 7) is 7.05. The maximum absolute atomic E-state index is 12.1. The van der Waals surface area contributed by atoms with Crippen molar-refractivity contribution in [3.8, 4) is 0 Å². The molecule has 1 fully saturated rings. The van der Waals surface area contributed by atoms with E-state index in [1.807, 2.05) is 11.8 Å². The van der Waals surface area contributed by atoms with Crippen molar-refractivity contribution in [2.75, 3.05) is 6.54 Å². The Kier molecular flexibility index (Phi) is 6.12. The number of piperidine rings is 1. The lowest BCUT2D eigenvalue weighted by molar-refractivity contribution is -0.137. The molecule has 0 saturated carbocycles. The van der Waals surface area contributed by atoms with Crippen molar-refractivity contribution < 1.29 is 14.7 Å². The largest absolute Gasteiger partial charge is 0.481 e. The van der Waals surface area contributed by atoms with Crippen LogP contribution in [-0.2, 0) is 4.79 Å². The van der Waals surface area contributed by atoms with Crippen LogP contribution in [0.25, 0.3) is 0 Å². The van der Waals surface area contributed by atoms with Gasteiger partial charge in [0.15, 0.2) is 0 Å². The number of urea groups is 1. The summed E-state index contributed by atoms with van der Waals surface area (Å²) in [6.07, 6.45) is 3.59. The number of likely N-dealkylation sites (tertiary alicyclic amines) is 1. The van der Waals surface area contributed by atoms with Gasteiger partial charge in [-0.15, -0.1) is 0 Å². The second-order valence-electron chi connectivity index (χ2n) is 5.81. The van der Waals surface area contributed by atoms with Gasteiger partial charge in [-0.3, -0.25) is 4.79 Å². The first-order chi connectivity index (χ1) is 8.90. The van der Waals surface area contributed by atoms with E-state index in [4.69, 9.17) is 5.11 Å². The maximum atomic E-state index is 12.1. The zero-order valence-electron chi connectivity index (χ0n) is 12.2. The zero-order chi connectivity index (χ0) is 14.4. The van der Waals surface area contributed by atoms with Crippen LogP contribution in [0.15, 0.2) is 0 Å². The Bertz CT molecular complexity index is 320. The van der Waals surface area contributed by atoms with Crippen LogP contribution in [-0.4, -0.2) is 40.6 Å². The first kappa shape index (κ1) is 15.8. The molecule has 0 aromatic carbocycles. The number of carboxylic acids is 1. The van der Waals surface area contributed by atoms with Gasteiger partial charge in [0.25, 0.3) is 0 Å². The second kappa shape index (κ2) is 7.36. The van der Waals surface area contributed by atoms with E-state index in [-0.39, 0.29) is 24.5 Å². The number of carboxylic acid groups (broad SMARTS) is 1. The maximum Gasteiger partial charge on any atom is 0.317 e. The van der Waals surface area contributed by atoms with Crippen molar-refractivity contribution in [2.45, 2.75) is 65.0 Å². The molecule has 0 bridgehead atoms. The molecular formula is C14H26N2O3. The summed E-state index contributed by atoms with van der Waals surface area (Å²) in [7, 11) is 0. The molecule has 1 heterocycles. The lowest BCUT2D eigenvalue weighted by Gasteiger charge is -2.37. The monoisotopic (exact) mass is 270 g/mol. The highest BCUT2D eigenvalue weighted by Crippen LogP contribution is 2.22. The van der Waals surface area contributed by atoms with Gasteiger partial charge in [-0.05, 0) is 45.4 Å². The summed E-state index contributed by atoms with van der Waals surface area (Å²) < 4.78 is 0. The summed E-state index contributed by atoms with van der Waals surface area (Å²) in [5.41, 5.74) is 0. The highest BCUT2D eigenvalue weighted by atomic mass is 16.4. The van der Waals surface area contributed by atoms with Crippen LogP contribution in [0.2, 0.25) is 0 Å². The van der Waals surface area contributed by atoms with Crippen LogP contribution in [0.3, 0.4) is 0 Å². The number of hydrogen-bond acceptors (Lipinski definition) is 2. The second-order valence-corrected chi connectivity index (χ2v) is 5.81. The lowest BCUT2D eigenvalue weighted by Crippen LogP contribution is -2.50. The molecule has 3 unspecified atom stereocenters. The van der Waals surface area contributed by atoms with E-state index in [0.717, 1.165) is 19.4 Å². The van der Waals surface area contributed by atoms with Crippen LogP contribution in [0.4, 0.5) is 4.79 Å². The summed E-state index contributed by atoms with van der Waals surface area (Å²) in [5, 5.41) is 11.5. The molecule has 0 aromatic rings. The standard InChI is InChI=1S/C14H26N2O3/c1-10-7-8-16(12(3)9-10)14(19)15-11(2)5-4-6-13(17)18/h10-12H,4-9H2,1-3H3,(H,15,19)(H,17,18). The summed E-state index contributed by atoms with van der Waals surface area (Å²) >= 11 is 0. The molecule has 1 rings (SSSR count). The topological polar surface area (TPSA) is 69.6 Å². The molecule has 2 amide bonds. The minimum atomic E-state index is -0.780. The van der Waals surface area contributed by atoms with Crippen LogP contribution < -0.4 is 5.32 Å². The third kappa shape index (κ3) is 5.49. The van der Waals surface area contributed by atoms with Crippen LogP contribution >= 0.6 is 0 Å². The van der Waals surface area contributed by atoms with Gasteiger partial charge in [-0.1, -0.05) is 6.92 Å². The molecule has 2 N–H and O–H groups in total. The summed E-state index contributed by atoms with van der Waals surface area (Å²) in [4.78, 5) is 24.4. The van der Waals surface area contributed by atoms with Gasteiger partial charge in [-0.25, -0.2) is 4.79 Å². The number of nitrogens with zero attached hydrogens (tertiary/aromatic N) is 1. The third-order valence-corrected chi connectivity index (χ3v) is 3.80. The van der Waals surface area contributed by atoms with Gasteiger partial charge in [0.2, 0.25) is 0 Å². The van der Waals surface area contributed by atoms with Crippen molar-refractivity contribution in [1.82, 2.24) is 10.2 Å². The minimum absolute atomic E-state index is 0.0118. The number of rotatable bonds is 5. The van der Waals surface area contributed by atoms with Gasteiger partial charge in [0, 0.05) is 25.0 Å². The van der Waals surface area contributed by atoms with Crippen molar-refractivity contribution in [1.29, 1.82) is 0 Å². The van der Waals surface area contributed by atoms with Gasteiger partial charge in [0.1, 0.15) is 0 Å². The molecule has 1 saturated heterocycles. The Morgan fingerprint density at radius 1 is 1.42 bits per heavy atom. The average molecular weight is 270 g/mol. The van der Waals surface area contributed by atoms with Crippen LogP contribution in [0, 0.1) is 5.92 Å². The van der Waals surface area contributed by atoms with Gasteiger partial charge in [0.05, 0.1) is 0 Å². The van der Waals surface area contributed by atoms with Gasteiger partial charge >= 0.3 is 12.0 Å². The fourth-order valence-corrected chi connectivity index (χ4v) is 2.63. The van der Waals surface area contributed by atoms with E-state index in [0.29, 0.717) is 18.8 Å². The van der Waals surface area contributed by atoms with E-state index < -0.39 is 5.97 Å². The lowest BCUT2D eigenvalue weighted by atomic mass is 9.94. The molecule has 3 atom stereocenters. The molecule has 0 spiro atoms. The molecular weight excluding hydrogens is 244 g/mol. The van der Waals surface area contributed by atoms with Gasteiger partial charge < -0.3 is 15.3 Å². The van der Waals surface area contributed by atoms with Gasteiger partial charge in [-0.2, -0.15) is 0 Å². The highest BCUT2D eigenvalue weighted by Gasteiger charge is 2.27. The van der Waals surface area contributed by atoms with Crippen molar-refractivity contribution in [3.63, 3.8) is 0 Å². The number of nitrogens with one attached hydrogen (secondary N) is 1. The number of aliphatic carboxylic acids is 1. The van der Waals surface area contributed by atoms with Crippen molar-refractivity contribution in [2.24, 2.45) is 5.92 Å². The molecule has 5 nitrogen and oxygen atoms in total. The SMILES string of the molecule is CC1CCN(C(=O)NC(C)CCCC(=O)O)C(C)C1. The predicted molar refractivity (Wildman–Crippen MR) is 74.0 cm³/mol. The Labute approximate surface area is 115 Å². The molecule has 1 aliphatic heterocycles. The molecule has 19 heavy (non-hydrogen) atoms. The normalized spacial score (nSPS) is 24.9. The number of hydrogen-bond donors (Lipinski definition) is 2. The van der Waals surface area contributed by atoms with E-state index in [1.54, 1.807) is 0 Å². The summed E-state index contributed by atoms with van der Waals surface area (Å²) in [6, 6.07) is 0.301. The smallest absolute Gasteiger partial charge is 0.317 e. The van der Waals surface area contributed by atoms with Crippen LogP contribution in [0.5, 0.6) is 0 Å². The number of amides is 2. The van der Waals surface area contributed by atoms with E-state index in [9.17, 15) is 9.59 Å². The quantitative estimate of drug-likeness (QED) is 0.806. The van der Waals surface area contributed by atoms with E-state index in [1.165, 1.54) is 0 Å². The predicted octanol–water partition coefficient (Wildman–Crippen LogP) is 2.46. The minimum Gasteiger partial charge on any atom is -0.481 e. The van der Waals surface area contributed by atoms with Crippen molar-refractivity contribution >= 4 is 12.0 Å². The molecule has 5 heteroatoms. The highest BCUT2D eigenvalue weighted by molar-refractivity contribution is 5.75. The van der Waals surface area contributed by atoms with E-state index >= 15 is 0 Å². The fraction of sp³-hybridized carbons (Fsp3) is 0.857.